The van der Waals surface area contributed by atoms with Crippen LogP contribution in [0, 0.1) is 18.8 Å². The molecular weight excluding hydrogens is 280 g/mol. The Hall–Kier alpha value is -2.24. The predicted molar refractivity (Wildman–Crippen MR) is 81.6 cm³/mol. The lowest BCUT2D eigenvalue weighted by Crippen LogP contribution is -2.23. The number of fused-ring (bicyclic) bond motifs is 2. The topological polar surface area (TPSA) is 91.5 Å². The standard InChI is InChI=1S/C16H18N4O2/c1-8-11(12-5-9-2-3-10(12)4-9)6-14(20-19-8)13-7-17-16(22)18-15(13)21/h6-7,9-10,12H,2-5H2,1H3,(H2,17,18,21,22)/t9-,10+,12-/m1/s1. The number of H-pyrrole nitrogens is 2. The molecule has 6 nitrogen and oxygen atoms in total. The lowest BCUT2D eigenvalue weighted by atomic mass is 9.82. The highest BCUT2D eigenvalue weighted by molar-refractivity contribution is 5.57. The fourth-order valence-electron chi connectivity index (χ4n) is 4.20. The van der Waals surface area contributed by atoms with Gasteiger partial charge in [-0.2, -0.15) is 5.10 Å². The maximum Gasteiger partial charge on any atom is 0.325 e. The Kier molecular flexibility index (Phi) is 2.99. The fraction of sp³-hybridized carbons (Fsp3) is 0.500. The molecule has 2 fully saturated rings. The van der Waals surface area contributed by atoms with Crippen molar-refractivity contribution in [3.05, 3.63) is 44.4 Å². The van der Waals surface area contributed by atoms with Gasteiger partial charge in [0.15, 0.2) is 0 Å². The molecule has 114 valence electrons. The number of hydrogen-bond acceptors (Lipinski definition) is 4. The maximum absolute atomic E-state index is 11.9. The van der Waals surface area contributed by atoms with Crippen LogP contribution in [0.15, 0.2) is 21.9 Å². The first-order valence-electron chi connectivity index (χ1n) is 7.78. The van der Waals surface area contributed by atoms with Crippen LogP contribution in [0.1, 0.15) is 42.9 Å². The summed E-state index contributed by atoms with van der Waals surface area (Å²) in [4.78, 5) is 27.8. The number of hydrogen-bond donors (Lipinski definition) is 2. The fourth-order valence-corrected chi connectivity index (χ4v) is 4.20. The molecule has 0 saturated heterocycles. The Morgan fingerprint density at radius 1 is 1.18 bits per heavy atom. The van der Waals surface area contributed by atoms with Crippen molar-refractivity contribution in [3.8, 4) is 11.3 Å². The molecule has 2 aliphatic rings. The summed E-state index contributed by atoms with van der Waals surface area (Å²) in [5.74, 6) is 2.13. The van der Waals surface area contributed by atoms with Crippen molar-refractivity contribution >= 4 is 0 Å². The molecule has 22 heavy (non-hydrogen) atoms. The lowest BCUT2D eigenvalue weighted by Gasteiger charge is -2.23. The van der Waals surface area contributed by atoms with E-state index in [9.17, 15) is 9.59 Å². The van der Waals surface area contributed by atoms with Crippen molar-refractivity contribution in [1.82, 2.24) is 20.2 Å². The van der Waals surface area contributed by atoms with Gasteiger partial charge in [-0.25, -0.2) is 4.79 Å². The van der Waals surface area contributed by atoms with Crippen LogP contribution in [-0.2, 0) is 0 Å². The highest BCUT2D eigenvalue weighted by Crippen LogP contribution is 2.53. The summed E-state index contributed by atoms with van der Waals surface area (Å²) in [5, 5.41) is 8.39. The van der Waals surface area contributed by atoms with Crippen molar-refractivity contribution in [2.24, 2.45) is 11.8 Å². The van der Waals surface area contributed by atoms with Gasteiger partial charge < -0.3 is 4.98 Å². The van der Waals surface area contributed by atoms with E-state index in [1.165, 1.54) is 37.4 Å². The Morgan fingerprint density at radius 3 is 2.73 bits per heavy atom. The third-order valence-electron chi connectivity index (χ3n) is 5.25. The van der Waals surface area contributed by atoms with Gasteiger partial charge in [0.25, 0.3) is 5.56 Å². The number of nitrogens with zero attached hydrogens (tertiary/aromatic N) is 2. The zero-order valence-corrected chi connectivity index (χ0v) is 12.4. The normalized spacial score (nSPS) is 26.5. The minimum atomic E-state index is -0.512. The average Bonchev–Trinajstić information content (AvgIpc) is 3.11. The summed E-state index contributed by atoms with van der Waals surface area (Å²) in [5.41, 5.74) is 2.10. The molecule has 2 saturated carbocycles. The van der Waals surface area contributed by atoms with Gasteiger partial charge in [-0.3, -0.25) is 9.78 Å². The molecule has 2 bridgehead atoms. The summed E-state index contributed by atoms with van der Waals surface area (Å²) in [7, 11) is 0. The molecule has 6 heteroatoms. The zero-order chi connectivity index (χ0) is 15.3. The van der Waals surface area contributed by atoms with Crippen molar-refractivity contribution in [2.75, 3.05) is 0 Å². The molecule has 0 amide bonds. The van der Waals surface area contributed by atoms with Crippen LogP contribution in [0.5, 0.6) is 0 Å². The van der Waals surface area contributed by atoms with Crippen LogP contribution in [0.25, 0.3) is 11.3 Å². The van der Waals surface area contributed by atoms with E-state index in [2.05, 4.69) is 20.2 Å². The van der Waals surface area contributed by atoms with E-state index in [1.54, 1.807) is 0 Å². The van der Waals surface area contributed by atoms with Crippen molar-refractivity contribution in [2.45, 2.75) is 38.5 Å². The van der Waals surface area contributed by atoms with Crippen molar-refractivity contribution in [1.29, 1.82) is 0 Å². The smallest absolute Gasteiger partial charge is 0.313 e. The molecule has 4 rings (SSSR count). The quantitative estimate of drug-likeness (QED) is 0.883. The minimum Gasteiger partial charge on any atom is -0.313 e. The summed E-state index contributed by atoms with van der Waals surface area (Å²) < 4.78 is 0. The first kappa shape index (κ1) is 13.4. The number of rotatable bonds is 2. The van der Waals surface area contributed by atoms with Crippen LogP contribution in [-0.4, -0.2) is 20.2 Å². The number of nitrogens with one attached hydrogen (secondary N) is 2. The summed E-state index contributed by atoms with van der Waals surface area (Å²) in [6.07, 6.45) is 6.60. The van der Waals surface area contributed by atoms with E-state index in [4.69, 9.17) is 0 Å². The zero-order valence-electron chi connectivity index (χ0n) is 12.4. The third-order valence-corrected chi connectivity index (χ3v) is 5.25. The molecule has 2 aromatic heterocycles. The molecule has 3 atom stereocenters. The molecule has 0 radical (unpaired) electrons. The molecule has 0 unspecified atom stereocenters. The predicted octanol–water partition coefficient (Wildman–Crippen LogP) is 1.73. The maximum atomic E-state index is 11.9. The average molecular weight is 298 g/mol. The molecule has 2 aliphatic carbocycles. The van der Waals surface area contributed by atoms with Crippen LogP contribution < -0.4 is 11.2 Å². The van der Waals surface area contributed by atoms with Crippen LogP contribution >= 0.6 is 0 Å². The second kappa shape index (κ2) is 4.90. The van der Waals surface area contributed by atoms with Gasteiger partial charge in [-0.15, -0.1) is 5.10 Å². The summed E-state index contributed by atoms with van der Waals surface area (Å²) >= 11 is 0. The van der Waals surface area contributed by atoms with E-state index in [0.717, 1.165) is 17.5 Å². The highest BCUT2D eigenvalue weighted by Gasteiger charge is 2.41. The van der Waals surface area contributed by atoms with Gasteiger partial charge in [-0.05, 0) is 55.6 Å². The Bertz CT molecular complexity index is 839. The monoisotopic (exact) mass is 298 g/mol. The molecule has 2 heterocycles. The van der Waals surface area contributed by atoms with Crippen molar-refractivity contribution in [3.63, 3.8) is 0 Å². The molecule has 2 N–H and O–H groups in total. The van der Waals surface area contributed by atoms with E-state index in [-0.39, 0.29) is 0 Å². The Labute approximate surface area is 127 Å². The molecule has 0 spiro atoms. The minimum absolute atomic E-state index is 0.358. The molecular formula is C16H18N4O2. The SMILES string of the molecule is Cc1nnc(-c2c[nH]c(=O)[nH]c2=O)cc1[C@@H]1C[C@@H]2CC[C@H]1C2. The second-order valence-electron chi connectivity index (χ2n) is 6.54. The van der Waals surface area contributed by atoms with E-state index >= 15 is 0 Å². The van der Waals surface area contributed by atoms with E-state index in [1.807, 2.05) is 13.0 Å². The van der Waals surface area contributed by atoms with E-state index in [0.29, 0.717) is 17.2 Å². The molecule has 2 aromatic rings. The van der Waals surface area contributed by atoms with Gasteiger partial charge in [0, 0.05) is 6.20 Å². The third kappa shape index (κ3) is 2.10. The first-order chi connectivity index (χ1) is 10.6. The van der Waals surface area contributed by atoms with Gasteiger partial charge >= 0.3 is 5.69 Å². The largest absolute Gasteiger partial charge is 0.325 e. The van der Waals surface area contributed by atoms with Gasteiger partial charge in [0.2, 0.25) is 0 Å². The van der Waals surface area contributed by atoms with Gasteiger partial charge in [0.05, 0.1) is 11.3 Å². The Morgan fingerprint density at radius 2 is 2.05 bits per heavy atom. The second-order valence-corrected chi connectivity index (χ2v) is 6.54. The van der Waals surface area contributed by atoms with Crippen LogP contribution in [0.3, 0.4) is 0 Å². The first-order valence-corrected chi connectivity index (χ1v) is 7.78. The van der Waals surface area contributed by atoms with Crippen LogP contribution in [0.2, 0.25) is 0 Å². The van der Waals surface area contributed by atoms with E-state index < -0.39 is 11.2 Å². The highest BCUT2D eigenvalue weighted by atomic mass is 16.2. The van der Waals surface area contributed by atoms with Gasteiger partial charge in [0.1, 0.15) is 5.69 Å². The number of aryl methyl sites for hydroxylation is 1. The van der Waals surface area contributed by atoms with Crippen molar-refractivity contribution < 1.29 is 0 Å². The van der Waals surface area contributed by atoms with Gasteiger partial charge in [-0.1, -0.05) is 6.42 Å². The lowest BCUT2D eigenvalue weighted by molar-refractivity contribution is 0.417. The molecule has 0 aliphatic heterocycles. The Balaban J connectivity index is 1.78. The summed E-state index contributed by atoms with van der Waals surface area (Å²) in [6, 6.07) is 1.98. The molecule has 0 aromatic carbocycles. The number of aromatic amines is 2. The summed E-state index contributed by atoms with van der Waals surface area (Å²) in [6.45, 7) is 1.98. The van der Waals surface area contributed by atoms with Crippen LogP contribution in [0.4, 0.5) is 0 Å². The number of aromatic nitrogens is 4.